The Balaban J connectivity index is 3.03. The van der Waals surface area contributed by atoms with E-state index in [9.17, 15) is 0 Å². The van der Waals surface area contributed by atoms with E-state index in [1.54, 1.807) is 0 Å². The SMILES string of the molecule is CCCCCCCCCC[O][Al]([CH2]C)[CH2]C. The van der Waals surface area contributed by atoms with Crippen molar-refractivity contribution in [2.24, 2.45) is 0 Å². The summed E-state index contributed by atoms with van der Waals surface area (Å²) in [5.74, 6) is 0. The van der Waals surface area contributed by atoms with Crippen LogP contribution < -0.4 is 0 Å². The quantitative estimate of drug-likeness (QED) is 0.338. The van der Waals surface area contributed by atoms with Gasteiger partial charge in [-0.25, -0.2) is 0 Å². The maximum atomic E-state index is 5.92. The fourth-order valence-electron chi connectivity index (χ4n) is 2.01. The molecule has 0 radical (unpaired) electrons. The van der Waals surface area contributed by atoms with E-state index in [1.165, 1.54) is 61.9 Å². The summed E-state index contributed by atoms with van der Waals surface area (Å²) in [4.78, 5) is 0. The Morgan fingerprint density at radius 1 is 0.688 bits per heavy atom. The molecule has 0 saturated heterocycles. The van der Waals surface area contributed by atoms with E-state index in [0.29, 0.717) is 0 Å². The second-order valence-corrected chi connectivity index (χ2v) is 7.99. The van der Waals surface area contributed by atoms with Crippen LogP contribution in [-0.4, -0.2) is 21.1 Å². The number of unbranched alkanes of at least 4 members (excludes halogenated alkanes) is 7. The van der Waals surface area contributed by atoms with Gasteiger partial charge in [0.05, 0.1) is 0 Å². The Morgan fingerprint density at radius 2 is 1.19 bits per heavy atom. The molecule has 0 aliphatic rings. The third kappa shape index (κ3) is 11.0. The van der Waals surface area contributed by atoms with Gasteiger partial charge in [-0.3, -0.25) is 0 Å². The molecule has 0 spiro atoms. The highest BCUT2D eigenvalue weighted by Gasteiger charge is 2.13. The molecule has 0 saturated carbocycles. The number of hydrogen-bond acceptors (Lipinski definition) is 1. The summed E-state index contributed by atoms with van der Waals surface area (Å²) < 4.78 is 5.92. The molecule has 16 heavy (non-hydrogen) atoms. The molecule has 96 valence electrons. The van der Waals surface area contributed by atoms with E-state index in [2.05, 4.69) is 20.8 Å². The van der Waals surface area contributed by atoms with Crippen molar-refractivity contribution in [1.82, 2.24) is 0 Å². The standard InChI is InChI=1S/C10H21O.2C2H5.Al/c1-2-3-4-5-6-7-8-9-10-11;2*1-2;/h2-10H2,1H3;2*1H2,2H3;/q-1;;;+1. The summed E-state index contributed by atoms with van der Waals surface area (Å²) in [6.07, 6.45) is 11.2. The van der Waals surface area contributed by atoms with Crippen molar-refractivity contribution in [2.45, 2.75) is 82.7 Å². The molecule has 0 amide bonds. The normalized spacial score (nSPS) is 10.7. The van der Waals surface area contributed by atoms with Crippen LogP contribution in [0.3, 0.4) is 0 Å². The lowest BCUT2D eigenvalue weighted by molar-refractivity contribution is 0.305. The molecule has 2 heteroatoms. The lowest BCUT2D eigenvalue weighted by Crippen LogP contribution is -2.15. The fourth-order valence-corrected chi connectivity index (χ4v) is 3.56. The summed E-state index contributed by atoms with van der Waals surface area (Å²) >= 11 is -0.766. The zero-order valence-electron chi connectivity index (χ0n) is 11.8. The summed E-state index contributed by atoms with van der Waals surface area (Å²) in [5, 5.41) is 2.60. The average molecular weight is 242 g/mol. The lowest BCUT2D eigenvalue weighted by atomic mass is 10.1. The zero-order chi connectivity index (χ0) is 12.1. The molecule has 0 aliphatic heterocycles. The average Bonchev–Trinajstić information content (AvgIpc) is 2.32. The van der Waals surface area contributed by atoms with Crippen molar-refractivity contribution in [1.29, 1.82) is 0 Å². The minimum absolute atomic E-state index is 0.766. The van der Waals surface area contributed by atoms with Crippen molar-refractivity contribution in [3.63, 3.8) is 0 Å². The van der Waals surface area contributed by atoms with Gasteiger partial charge >= 0.3 is 14.5 Å². The van der Waals surface area contributed by atoms with Gasteiger partial charge in [0.15, 0.2) is 0 Å². The Kier molecular flexibility index (Phi) is 14.0. The van der Waals surface area contributed by atoms with Crippen LogP contribution in [0.15, 0.2) is 0 Å². The van der Waals surface area contributed by atoms with Gasteiger partial charge in [0.2, 0.25) is 0 Å². The topological polar surface area (TPSA) is 9.23 Å². The first-order valence-electron chi connectivity index (χ1n) is 7.46. The first-order chi connectivity index (χ1) is 7.85. The maximum absolute atomic E-state index is 5.92. The monoisotopic (exact) mass is 242 g/mol. The van der Waals surface area contributed by atoms with Gasteiger partial charge in [0, 0.05) is 6.61 Å². The highest BCUT2D eigenvalue weighted by molar-refractivity contribution is 6.51. The van der Waals surface area contributed by atoms with Crippen LogP contribution in [0.5, 0.6) is 0 Å². The highest BCUT2D eigenvalue weighted by Crippen LogP contribution is 2.09. The van der Waals surface area contributed by atoms with E-state index < -0.39 is 14.5 Å². The summed E-state index contributed by atoms with van der Waals surface area (Å²) in [5.41, 5.74) is 0. The predicted molar refractivity (Wildman–Crippen MR) is 75.3 cm³/mol. The Bertz CT molecular complexity index is 124. The van der Waals surface area contributed by atoms with Crippen molar-refractivity contribution in [3.8, 4) is 0 Å². The second-order valence-electron chi connectivity index (χ2n) is 4.78. The second kappa shape index (κ2) is 13.6. The molecule has 0 aromatic heterocycles. The van der Waals surface area contributed by atoms with Gasteiger partial charge in [-0.2, -0.15) is 0 Å². The minimum atomic E-state index is -0.766. The molecule has 0 rings (SSSR count). The molecule has 0 aromatic rings. The van der Waals surface area contributed by atoms with Gasteiger partial charge in [-0.05, 0) is 6.42 Å². The molecule has 1 nitrogen and oxygen atoms in total. The molecular formula is C14H31AlO. The van der Waals surface area contributed by atoms with Crippen LogP contribution in [0.1, 0.15) is 72.1 Å². The largest absolute Gasteiger partial charge is 0.501 e. The van der Waals surface area contributed by atoms with Gasteiger partial charge in [0.1, 0.15) is 0 Å². The Labute approximate surface area is 108 Å². The lowest BCUT2D eigenvalue weighted by Gasteiger charge is -2.09. The van der Waals surface area contributed by atoms with Crippen LogP contribution in [0.4, 0.5) is 0 Å². The Hall–Kier alpha value is 0.492. The fraction of sp³-hybridized carbons (Fsp3) is 1.00. The van der Waals surface area contributed by atoms with Crippen LogP contribution >= 0.6 is 0 Å². The molecule has 0 bridgehead atoms. The van der Waals surface area contributed by atoms with Crippen molar-refractivity contribution in [2.75, 3.05) is 6.61 Å². The van der Waals surface area contributed by atoms with Crippen molar-refractivity contribution in [3.05, 3.63) is 0 Å². The van der Waals surface area contributed by atoms with Gasteiger partial charge in [-0.15, -0.1) is 0 Å². The third-order valence-corrected chi connectivity index (χ3v) is 5.79. The first-order valence-corrected chi connectivity index (χ1v) is 9.57. The molecule has 0 aromatic carbocycles. The van der Waals surface area contributed by atoms with E-state index in [-0.39, 0.29) is 0 Å². The minimum Gasteiger partial charge on any atom is -0.501 e. The summed E-state index contributed by atoms with van der Waals surface area (Å²) in [7, 11) is 0. The van der Waals surface area contributed by atoms with Gasteiger partial charge < -0.3 is 3.79 Å². The summed E-state index contributed by atoms with van der Waals surface area (Å²) in [6, 6.07) is 0. The van der Waals surface area contributed by atoms with E-state index >= 15 is 0 Å². The predicted octanol–water partition coefficient (Wildman–Crippen LogP) is 5.18. The molecular weight excluding hydrogens is 211 g/mol. The van der Waals surface area contributed by atoms with Crippen LogP contribution in [0.2, 0.25) is 10.6 Å². The molecule has 0 unspecified atom stereocenters. The van der Waals surface area contributed by atoms with Gasteiger partial charge in [-0.1, -0.05) is 76.3 Å². The highest BCUT2D eigenvalue weighted by atomic mass is 27.2. The van der Waals surface area contributed by atoms with E-state index in [1.807, 2.05) is 0 Å². The van der Waals surface area contributed by atoms with Crippen LogP contribution in [0.25, 0.3) is 0 Å². The number of rotatable bonds is 12. The molecule has 0 atom stereocenters. The van der Waals surface area contributed by atoms with Gasteiger partial charge in [0.25, 0.3) is 0 Å². The number of hydrogen-bond donors (Lipinski definition) is 0. The third-order valence-electron chi connectivity index (χ3n) is 3.26. The Morgan fingerprint density at radius 3 is 1.69 bits per heavy atom. The van der Waals surface area contributed by atoms with Crippen molar-refractivity contribution >= 4 is 14.5 Å². The molecule has 0 heterocycles. The molecule has 0 fully saturated rings. The zero-order valence-corrected chi connectivity index (χ0v) is 12.9. The summed E-state index contributed by atoms with van der Waals surface area (Å²) in [6.45, 7) is 7.86. The van der Waals surface area contributed by atoms with Crippen LogP contribution in [0, 0.1) is 0 Å². The van der Waals surface area contributed by atoms with Crippen molar-refractivity contribution < 1.29 is 3.79 Å². The maximum Gasteiger partial charge on any atom is 0.460 e. The van der Waals surface area contributed by atoms with E-state index in [0.717, 1.165) is 6.61 Å². The molecule has 0 N–H and O–H groups in total. The van der Waals surface area contributed by atoms with E-state index in [4.69, 9.17) is 3.79 Å². The smallest absolute Gasteiger partial charge is 0.460 e. The molecule has 0 aliphatic carbocycles. The first kappa shape index (κ1) is 16.5. The van der Waals surface area contributed by atoms with Crippen LogP contribution in [-0.2, 0) is 3.79 Å².